The lowest BCUT2D eigenvalue weighted by atomic mass is 9.73. The number of aliphatic hydroxyl groups excluding tert-OH is 1. The summed E-state index contributed by atoms with van der Waals surface area (Å²) in [6.45, 7) is 0. The van der Waals surface area contributed by atoms with Gasteiger partial charge < -0.3 is 9.84 Å². The summed E-state index contributed by atoms with van der Waals surface area (Å²) in [7, 11) is 0. The number of carbonyl (C=O) groups excluding carboxylic acids is 2. The number of carbonyl (C=O) groups is 2. The Bertz CT molecular complexity index is 1230. The summed E-state index contributed by atoms with van der Waals surface area (Å²) < 4.78 is 44.0. The fraction of sp³-hybridized carbons (Fsp3) is 0.273. The first kappa shape index (κ1) is 22.8. The lowest BCUT2D eigenvalue weighted by molar-refractivity contribution is -0.385. The van der Waals surface area contributed by atoms with E-state index in [1.54, 1.807) is 0 Å². The molecule has 0 heterocycles. The van der Waals surface area contributed by atoms with Gasteiger partial charge in [-0.2, -0.15) is 13.2 Å². The van der Waals surface area contributed by atoms with E-state index in [1.807, 2.05) is 0 Å². The highest BCUT2D eigenvalue weighted by Crippen LogP contribution is 2.52. The van der Waals surface area contributed by atoms with Crippen molar-refractivity contribution in [3.05, 3.63) is 74.5 Å². The van der Waals surface area contributed by atoms with Crippen molar-refractivity contribution in [2.24, 2.45) is 11.3 Å². The predicted molar refractivity (Wildman–Crippen MR) is 109 cm³/mol. The van der Waals surface area contributed by atoms with Gasteiger partial charge in [-0.25, -0.2) is 0 Å². The Kier molecular flexibility index (Phi) is 5.44. The zero-order valence-electron chi connectivity index (χ0n) is 16.7. The number of benzene rings is 2. The molecule has 1 N–H and O–H groups in total. The second kappa shape index (κ2) is 7.87. The zero-order valence-corrected chi connectivity index (χ0v) is 17.4. The molecule has 0 spiro atoms. The predicted octanol–water partition coefficient (Wildman–Crippen LogP) is 6.05. The van der Waals surface area contributed by atoms with Crippen molar-refractivity contribution in [1.82, 2.24) is 0 Å². The zero-order chi connectivity index (χ0) is 24.1. The number of alkyl halides is 3. The van der Waals surface area contributed by atoms with E-state index in [-0.39, 0.29) is 40.7 Å². The maximum atomic E-state index is 13.4. The molecule has 33 heavy (non-hydrogen) atoms. The summed E-state index contributed by atoms with van der Waals surface area (Å²) in [5.41, 5.74) is -3.32. The van der Waals surface area contributed by atoms with Gasteiger partial charge in [0, 0.05) is 18.1 Å². The lowest BCUT2D eigenvalue weighted by Gasteiger charge is -2.29. The quantitative estimate of drug-likeness (QED) is 0.316. The minimum absolute atomic E-state index is 0.0416. The standard InChI is InChI=1S/C22H15ClF3NO6/c23-15-7-12(22(24,25)26)1-4-18(15)33-13-2-3-16(27(31)32)14(8-13)20(30)21-6-5-11(10-21)17(28)9-19(21)29/h1-4,7-9,11,29H,5-6,10H2. The number of fused-ring (bicyclic) bond motifs is 2. The van der Waals surface area contributed by atoms with E-state index in [2.05, 4.69) is 0 Å². The van der Waals surface area contributed by atoms with Crippen LogP contribution in [0.4, 0.5) is 18.9 Å². The second-order valence-electron chi connectivity index (χ2n) is 7.96. The van der Waals surface area contributed by atoms with Crippen molar-refractivity contribution in [1.29, 1.82) is 0 Å². The number of allylic oxidation sites excluding steroid dienone is 2. The summed E-state index contributed by atoms with van der Waals surface area (Å²) in [4.78, 5) is 36.2. The number of ether oxygens (including phenoxy) is 1. The number of nitro groups is 1. The number of Topliss-reactive ketones (excluding diaryl/α,β-unsaturated/α-hetero) is 1. The molecule has 1 fully saturated rings. The van der Waals surface area contributed by atoms with Crippen LogP contribution in [0.25, 0.3) is 0 Å². The van der Waals surface area contributed by atoms with Gasteiger partial charge >= 0.3 is 6.18 Å². The van der Waals surface area contributed by atoms with Crippen molar-refractivity contribution in [3.63, 3.8) is 0 Å². The van der Waals surface area contributed by atoms with Gasteiger partial charge in [-0.05, 0) is 49.6 Å². The normalized spacial score (nSPS) is 22.1. The summed E-state index contributed by atoms with van der Waals surface area (Å²) >= 11 is 5.90. The molecule has 7 nitrogen and oxygen atoms in total. The van der Waals surface area contributed by atoms with Crippen molar-refractivity contribution >= 4 is 28.9 Å². The first-order valence-corrected chi connectivity index (χ1v) is 10.1. The molecule has 0 aromatic heterocycles. The number of aliphatic hydroxyl groups is 1. The number of hydrogen-bond acceptors (Lipinski definition) is 6. The summed E-state index contributed by atoms with van der Waals surface area (Å²) in [6, 6.07) is 5.72. The van der Waals surface area contributed by atoms with Crippen molar-refractivity contribution in [2.75, 3.05) is 0 Å². The van der Waals surface area contributed by atoms with Gasteiger partial charge in [-0.15, -0.1) is 0 Å². The highest BCUT2D eigenvalue weighted by molar-refractivity contribution is 6.32. The van der Waals surface area contributed by atoms with Crippen LogP contribution in [-0.2, 0) is 11.0 Å². The molecule has 11 heteroatoms. The van der Waals surface area contributed by atoms with Gasteiger partial charge in [0.1, 0.15) is 17.3 Å². The largest absolute Gasteiger partial charge is 0.511 e. The molecule has 0 saturated heterocycles. The Labute approximate surface area is 189 Å². The van der Waals surface area contributed by atoms with Crippen LogP contribution in [0.1, 0.15) is 35.2 Å². The van der Waals surface area contributed by atoms with E-state index in [9.17, 15) is 38.0 Å². The Morgan fingerprint density at radius 1 is 1.24 bits per heavy atom. The maximum absolute atomic E-state index is 13.4. The molecule has 2 aliphatic carbocycles. The SMILES string of the molecule is O=C1C=C(O)C2(C(=O)c3cc(Oc4ccc(C(F)(F)F)cc4Cl)ccc3[N+](=O)[O-])CCC1C2. The van der Waals surface area contributed by atoms with Gasteiger partial charge in [0.15, 0.2) is 11.6 Å². The van der Waals surface area contributed by atoms with Crippen molar-refractivity contribution in [3.8, 4) is 11.5 Å². The van der Waals surface area contributed by atoms with E-state index in [1.165, 1.54) is 6.07 Å². The summed E-state index contributed by atoms with van der Waals surface area (Å²) in [5, 5.41) is 21.6. The molecule has 0 aliphatic heterocycles. The van der Waals surface area contributed by atoms with Crippen LogP contribution in [0, 0.1) is 21.4 Å². The third-order valence-corrected chi connectivity index (χ3v) is 6.31. The molecule has 2 aromatic carbocycles. The molecule has 2 aliphatic rings. The fourth-order valence-electron chi connectivity index (χ4n) is 4.30. The first-order chi connectivity index (χ1) is 15.4. The monoisotopic (exact) mass is 481 g/mol. The average Bonchev–Trinajstić information content (AvgIpc) is 3.16. The van der Waals surface area contributed by atoms with Gasteiger partial charge in [-0.3, -0.25) is 19.7 Å². The maximum Gasteiger partial charge on any atom is 0.416 e. The highest BCUT2D eigenvalue weighted by atomic mass is 35.5. The lowest BCUT2D eigenvalue weighted by Crippen LogP contribution is -2.35. The Balaban J connectivity index is 1.72. The summed E-state index contributed by atoms with van der Waals surface area (Å²) in [5.74, 6) is -2.14. The van der Waals surface area contributed by atoms with Gasteiger partial charge in [-0.1, -0.05) is 11.6 Å². The van der Waals surface area contributed by atoms with Crippen LogP contribution < -0.4 is 4.74 Å². The third-order valence-electron chi connectivity index (χ3n) is 6.02. The fourth-order valence-corrected chi connectivity index (χ4v) is 4.52. The van der Waals surface area contributed by atoms with Gasteiger partial charge in [0.2, 0.25) is 0 Å². The number of hydrogen-bond donors (Lipinski definition) is 1. The van der Waals surface area contributed by atoms with Crippen LogP contribution in [0.2, 0.25) is 5.02 Å². The van der Waals surface area contributed by atoms with Crippen LogP contribution in [0.3, 0.4) is 0 Å². The van der Waals surface area contributed by atoms with Gasteiger partial charge in [0.05, 0.1) is 26.5 Å². The molecular weight excluding hydrogens is 467 g/mol. The number of rotatable bonds is 5. The minimum Gasteiger partial charge on any atom is -0.511 e. The Morgan fingerprint density at radius 3 is 2.61 bits per heavy atom. The molecule has 0 amide bonds. The van der Waals surface area contributed by atoms with Crippen LogP contribution in [0.15, 0.2) is 48.2 Å². The van der Waals surface area contributed by atoms with E-state index in [0.717, 1.165) is 30.3 Å². The molecule has 172 valence electrons. The molecular formula is C22H15ClF3NO6. The number of nitrogens with zero attached hydrogens (tertiary/aromatic N) is 1. The Hall–Kier alpha value is -3.40. The second-order valence-corrected chi connectivity index (χ2v) is 8.37. The molecule has 0 radical (unpaired) electrons. The van der Waals surface area contributed by atoms with Crippen LogP contribution in [-0.4, -0.2) is 21.6 Å². The summed E-state index contributed by atoms with van der Waals surface area (Å²) in [6.07, 6.45) is -3.06. The van der Waals surface area contributed by atoms with E-state index < -0.39 is 45.2 Å². The molecule has 2 atom stereocenters. The number of nitro benzene ring substituents is 1. The topological polar surface area (TPSA) is 107 Å². The molecule has 2 bridgehead atoms. The third kappa shape index (κ3) is 3.95. The molecule has 2 unspecified atom stereocenters. The molecule has 1 saturated carbocycles. The smallest absolute Gasteiger partial charge is 0.416 e. The van der Waals surface area contributed by atoms with E-state index >= 15 is 0 Å². The number of ketones is 2. The minimum atomic E-state index is -4.61. The van der Waals surface area contributed by atoms with Crippen molar-refractivity contribution in [2.45, 2.75) is 25.4 Å². The van der Waals surface area contributed by atoms with Crippen LogP contribution in [0.5, 0.6) is 11.5 Å². The van der Waals surface area contributed by atoms with Crippen molar-refractivity contribution < 1.29 is 37.5 Å². The van der Waals surface area contributed by atoms with E-state index in [0.29, 0.717) is 12.5 Å². The number of halogens is 4. The van der Waals surface area contributed by atoms with Gasteiger partial charge in [0.25, 0.3) is 5.69 Å². The first-order valence-electron chi connectivity index (χ1n) is 9.75. The average molecular weight is 482 g/mol. The van der Waals surface area contributed by atoms with E-state index in [4.69, 9.17) is 16.3 Å². The molecule has 4 rings (SSSR count). The highest BCUT2D eigenvalue weighted by Gasteiger charge is 2.54. The molecule has 2 aromatic rings. The Morgan fingerprint density at radius 2 is 1.97 bits per heavy atom. The van der Waals surface area contributed by atoms with Crippen LogP contribution >= 0.6 is 11.6 Å².